The quantitative estimate of drug-likeness (QED) is 0.454. The lowest BCUT2D eigenvalue weighted by atomic mass is 9.80. The topological polar surface area (TPSA) is 119 Å². The van der Waals surface area contributed by atoms with Crippen LogP contribution in [0.5, 0.6) is 5.75 Å². The summed E-state index contributed by atoms with van der Waals surface area (Å²) >= 11 is 3.43. The second-order valence-electron chi connectivity index (χ2n) is 7.61. The summed E-state index contributed by atoms with van der Waals surface area (Å²) in [7, 11) is 0. The lowest BCUT2D eigenvalue weighted by Crippen LogP contribution is -2.59. The molecule has 0 spiro atoms. The zero-order valence-electron chi connectivity index (χ0n) is 17.8. The molecule has 2 atom stereocenters. The van der Waals surface area contributed by atoms with Crippen LogP contribution in [0.15, 0.2) is 76.5 Å². The molecule has 2 heterocycles. The minimum Gasteiger partial charge on any atom is -0.489 e. The van der Waals surface area contributed by atoms with Crippen molar-refractivity contribution >= 4 is 39.8 Å². The number of aliphatic imine (C=N–C) groups is 1. The molecule has 0 saturated heterocycles. The average Bonchev–Trinajstić information content (AvgIpc) is 3.27. The first-order valence-corrected chi connectivity index (χ1v) is 11.0. The number of hydrogen-bond acceptors (Lipinski definition) is 6. The Labute approximate surface area is 199 Å². The summed E-state index contributed by atoms with van der Waals surface area (Å²) in [6.45, 7) is 2.26. The number of nitrogens with zero attached hydrogens (tertiary/aromatic N) is 2. The Morgan fingerprint density at radius 2 is 1.88 bits per heavy atom. The third kappa shape index (κ3) is 4.58. The zero-order valence-corrected chi connectivity index (χ0v) is 19.4. The van der Waals surface area contributed by atoms with E-state index in [1.807, 2.05) is 31.2 Å². The number of aryl methyl sites for hydroxylation is 1. The number of nitrogens with two attached hydrogens (primary N) is 1. The molecule has 4 rings (SSSR count). The number of anilines is 1. The number of pyridine rings is 1. The second kappa shape index (κ2) is 9.41. The lowest BCUT2D eigenvalue weighted by Gasteiger charge is -2.32. The number of aromatic nitrogens is 1. The summed E-state index contributed by atoms with van der Waals surface area (Å²) in [5, 5.41) is 5.76. The molecule has 1 aromatic heterocycles. The molecule has 0 fully saturated rings. The van der Waals surface area contributed by atoms with E-state index in [0.29, 0.717) is 23.6 Å². The molecule has 0 saturated carbocycles. The van der Waals surface area contributed by atoms with Crippen LogP contribution in [0, 0.1) is 6.92 Å². The molecule has 2 aromatic carbocycles. The average molecular weight is 508 g/mol. The lowest BCUT2D eigenvalue weighted by molar-refractivity contribution is -0.129. The van der Waals surface area contributed by atoms with Crippen molar-refractivity contribution in [3.05, 3.63) is 88.2 Å². The van der Waals surface area contributed by atoms with Gasteiger partial charge in [0.1, 0.15) is 12.4 Å². The standard InChI is InChI=1S/C24H22BrN5O3/c1-15-2-3-17(25)12-20(15)24(23(26)32)21(28-14-29-24)22(31)30-18-4-6-19(7-5-18)33-13-16-8-10-27-11-9-16/h2-12,14,21H,13H2,1H3,(H2,26,32)(H,28,29)(H,30,31). The number of carbonyl (C=O) groups is 2. The smallest absolute Gasteiger partial charge is 0.252 e. The van der Waals surface area contributed by atoms with Crippen LogP contribution >= 0.6 is 15.9 Å². The number of primary amides is 1. The van der Waals surface area contributed by atoms with Crippen molar-refractivity contribution in [2.45, 2.75) is 25.1 Å². The number of ether oxygens (including phenoxy) is 1. The van der Waals surface area contributed by atoms with E-state index in [0.717, 1.165) is 15.6 Å². The molecule has 0 aliphatic carbocycles. The molecule has 0 radical (unpaired) electrons. The first-order valence-electron chi connectivity index (χ1n) is 10.2. The van der Waals surface area contributed by atoms with Crippen LogP contribution in [0.4, 0.5) is 5.69 Å². The molecule has 2 unspecified atom stereocenters. The van der Waals surface area contributed by atoms with Crippen LogP contribution in [0.2, 0.25) is 0 Å². The number of halogens is 1. The molecular weight excluding hydrogens is 486 g/mol. The molecule has 1 aliphatic heterocycles. The van der Waals surface area contributed by atoms with Gasteiger partial charge in [-0.05, 0) is 72.1 Å². The maximum atomic E-state index is 13.2. The summed E-state index contributed by atoms with van der Waals surface area (Å²) in [6.07, 6.45) is 4.77. The Balaban J connectivity index is 1.50. The molecule has 2 amide bonds. The Hall–Kier alpha value is -3.72. The molecule has 8 nitrogen and oxygen atoms in total. The van der Waals surface area contributed by atoms with Crippen molar-refractivity contribution in [2.75, 3.05) is 5.32 Å². The van der Waals surface area contributed by atoms with Gasteiger partial charge in [-0.15, -0.1) is 0 Å². The van der Waals surface area contributed by atoms with Gasteiger partial charge in [-0.25, -0.2) is 0 Å². The van der Waals surface area contributed by atoms with Crippen molar-refractivity contribution in [1.29, 1.82) is 0 Å². The van der Waals surface area contributed by atoms with Crippen molar-refractivity contribution in [2.24, 2.45) is 10.7 Å². The Morgan fingerprint density at radius 1 is 1.15 bits per heavy atom. The Bertz CT molecular complexity index is 1200. The Morgan fingerprint density at radius 3 is 2.58 bits per heavy atom. The van der Waals surface area contributed by atoms with Gasteiger partial charge in [-0.1, -0.05) is 22.0 Å². The molecule has 33 heavy (non-hydrogen) atoms. The molecule has 1 aliphatic rings. The summed E-state index contributed by atoms with van der Waals surface area (Å²) in [4.78, 5) is 34.1. The van der Waals surface area contributed by atoms with Gasteiger partial charge in [-0.2, -0.15) is 0 Å². The fourth-order valence-corrected chi connectivity index (χ4v) is 4.10. The minimum absolute atomic E-state index is 0.407. The van der Waals surface area contributed by atoms with Crippen LogP contribution in [0.1, 0.15) is 16.7 Å². The van der Waals surface area contributed by atoms with Crippen molar-refractivity contribution in [1.82, 2.24) is 10.3 Å². The van der Waals surface area contributed by atoms with E-state index in [2.05, 4.69) is 36.5 Å². The molecule has 4 N–H and O–H groups in total. The van der Waals surface area contributed by atoms with Crippen molar-refractivity contribution < 1.29 is 14.3 Å². The van der Waals surface area contributed by atoms with Crippen LogP contribution in [0.3, 0.4) is 0 Å². The third-order valence-corrected chi connectivity index (χ3v) is 5.96. The number of benzene rings is 2. The van der Waals surface area contributed by atoms with E-state index in [9.17, 15) is 9.59 Å². The van der Waals surface area contributed by atoms with Gasteiger partial charge in [-0.3, -0.25) is 19.6 Å². The monoisotopic (exact) mass is 507 g/mol. The van der Waals surface area contributed by atoms with Gasteiger partial charge in [0.15, 0.2) is 11.6 Å². The van der Waals surface area contributed by atoms with Gasteiger partial charge < -0.3 is 21.1 Å². The minimum atomic E-state index is -1.49. The molecule has 168 valence electrons. The molecule has 3 aromatic rings. The van der Waals surface area contributed by atoms with E-state index in [-0.39, 0.29) is 0 Å². The van der Waals surface area contributed by atoms with Crippen LogP contribution in [-0.4, -0.2) is 29.2 Å². The van der Waals surface area contributed by atoms with Crippen molar-refractivity contribution in [3.63, 3.8) is 0 Å². The highest BCUT2D eigenvalue weighted by Crippen LogP contribution is 2.34. The molecule has 0 bridgehead atoms. The summed E-state index contributed by atoms with van der Waals surface area (Å²) in [5.41, 5.74) is 7.25. The highest BCUT2D eigenvalue weighted by molar-refractivity contribution is 9.10. The SMILES string of the molecule is Cc1ccc(Br)cc1C1(C(N)=O)NC=NC1C(=O)Nc1ccc(OCc2ccncc2)cc1. The Kier molecular flexibility index (Phi) is 6.41. The predicted octanol–water partition coefficient (Wildman–Crippen LogP) is 3.05. The van der Waals surface area contributed by atoms with Crippen LogP contribution in [0.25, 0.3) is 0 Å². The maximum absolute atomic E-state index is 13.2. The fraction of sp³-hybridized carbons (Fsp3) is 0.167. The number of carbonyl (C=O) groups excluding carboxylic acids is 2. The third-order valence-electron chi connectivity index (χ3n) is 5.46. The first-order chi connectivity index (χ1) is 15.9. The largest absolute Gasteiger partial charge is 0.489 e. The van der Waals surface area contributed by atoms with Gasteiger partial charge in [0.2, 0.25) is 0 Å². The molecule has 9 heteroatoms. The van der Waals surface area contributed by atoms with E-state index in [1.54, 1.807) is 42.7 Å². The van der Waals surface area contributed by atoms with Crippen LogP contribution in [-0.2, 0) is 21.7 Å². The van der Waals surface area contributed by atoms with Gasteiger partial charge in [0.25, 0.3) is 11.8 Å². The second-order valence-corrected chi connectivity index (χ2v) is 8.53. The number of hydrogen-bond donors (Lipinski definition) is 3. The normalized spacial score (nSPS) is 19.0. The maximum Gasteiger partial charge on any atom is 0.252 e. The van der Waals surface area contributed by atoms with Crippen LogP contribution < -0.4 is 21.1 Å². The fourth-order valence-electron chi connectivity index (χ4n) is 3.74. The van der Waals surface area contributed by atoms with Gasteiger partial charge >= 0.3 is 0 Å². The number of rotatable bonds is 7. The summed E-state index contributed by atoms with van der Waals surface area (Å²) in [6, 6.07) is 15.1. The summed E-state index contributed by atoms with van der Waals surface area (Å²) < 4.78 is 6.52. The predicted molar refractivity (Wildman–Crippen MR) is 129 cm³/mol. The van der Waals surface area contributed by atoms with Gasteiger partial charge in [0, 0.05) is 22.6 Å². The molecular formula is C24H22BrN5O3. The highest BCUT2D eigenvalue weighted by Gasteiger charge is 2.52. The zero-order chi connectivity index (χ0) is 23.4. The van der Waals surface area contributed by atoms with Gasteiger partial charge in [0.05, 0.1) is 6.34 Å². The first kappa shape index (κ1) is 22.5. The van der Waals surface area contributed by atoms with E-state index in [4.69, 9.17) is 10.5 Å². The number of amides is 2. The van der Waals surface area contributed by atoms with E-state index in [1.165, 1.54) is 6.34 Å². The highest BCUT2D eigenvalue weighted by atomic mass is 79.9. The van der Waals surface area contributed by atoms with Crippen molar-refractivity contribution in [3.8, 4) is 5.75 Å². The van der Waals surface area contributed by atoms with E-state index < -0.39 is 23.4 Å². The number of nitrogens with one attached hydrogen (secondary N) is 2. The summed E-state index contributed by atoms with van der Waals surface area (Å²) in [5.74, 6) is -0.498. The van der Waals surface area contributed by atoms with E-state index >= 15 is 0 Å².